The second kappa shape index (κ2) is 7.04. The molecule has 1 aliphatic rings. The molecule has 1 fully saturated rings. The number of benzene rings is 1. The van der Waals surface area contributed by atoms with Crippen LogP contribution in [-0.4, -0.2) is 41.8 Å². The standard InChI is InChI=1S/C16H26N2O/c1-2-10-18-11-8-16(14-19,9-12-18)17-13-15-6-4-3-5-7-15/h3-7,17,19H,2,8-14H2,1H3. The quantitative estimate of drug-likeness (QED) is 0.823. The lowest BCUT2D eigenvalue weighted by atomic mass is 9.88. The number of nitrogens with one attached hydrogen (secondary N) is 1. The molecule has 0 aromatic heterocycles. The summed E-state index contributed by atoms with van der Waals surface area (Å²) in [6.45, 7) is 6.67. The van der Waals surface area contributed by atoms with E-state index in [0.717, 1.165) is 32.5 Å². The number of rotatable bonds is 6. The Hall–Kier alpha value is -0.900. The molecule has 0 spiro atoms. The van der Waals surface area contributed by atoms with Crippen LogP contribution in [0.3, 0.4) is 0 Å². The van der Waals surface area contributed by atoms with Gasteiger partial charge in [-0.15, -0.1) is 0 Å². The van der Waals surface area contributed by atoms with Crippen molar-refractivity contribution < 1.29 is 5.11 Å². The number of hydrogen-bond donors (Lipinski definition) is 2. The van der Waals surface area contributed by atoms with Crippen LogP contribution < -0.4 is 5.32 Å². The number of piperidine rings is 1. The average Bonchev–Trinajstić information content (AvgIpc) is 2.48. The Morgan fingerprint density at radius 2 is 1.89 bits per heavy atom. The molecule has 2 N–H and O–H groups in total. The van der Waals surface area contributed by atoms with E-state index in [-0.39, 0.29) is 12.1 Å². The molecule has 1 aromatic carbocycles. The van der Waals surface area contributed by atoms with E-state index in [1.807, 2.05) is 6.07 Å². The van der Waals surface area contributed by atoms with Gasteiger partial charge >= 0.3 is 0 Å². The van der Waals surface area contributed by atoms with Gasteiger partial charge < -0.3 is 15.3 Å². The fraction of sp³-hybridized carbons (Fsp3) is 0.625. The van der Waals surface area contributed by atoms with E-state index in [0.29, 0.717) is 0 Å². The van der Waals surface area contributed by atoms with Crippen LogP contribution in [0, 0.1) is 0 Å². The zero-order valence-electron chi connectivity index (χ0n) is 11.9. The number of aliphatic hydroxyl groups is 1. The molecular weight excluding hydrogens is 236 g/mol. The van der Waals surface area contributed by atoms with Gasteiger partial charge in [0.15, 0.2) is 0 Å². The van der Waals surface area contributed by atoms with Crippen LogP contribution in [0.15, 0.2) is 30.3 Å². The van der Waals surface area contributed by atoms with Gasteiger partial charge in [-0.2, -0.15) is 0 Å². The summed E-state index contributed by atoms with van der Waals surface area (Å²) in [7, 11) is 0. The lowest BCUT2D eigenvalue weighted by Gasteiger charge is -2.41. The summed E-state index contributed by atoms with van der Waals surface area (Å²) in [5.41, 5.74) is 1.20. The Kier molecular flexibility index (Phi) is 5.37. The SMILES string of the molecule is CCCN1CCC(CO)(NCc2ccccc2)CC1. The fourth-order valence-corrected chi connectivity index (χ4v) is 2.80. The first-order chi connectivity index (χ1) is 9.28. The largest absolute Gasteiger partial charge is 0.394 e. The molecule has 0 amide bonds. The van der Waals surface area contributed by atoms with Crippen molar-refractivity contribution in [3.05, 3.63) is 35.9 Å². The number of aliphatic hydroxyl groups excluding tert-OH is 1. The van der Waals surface area contributed by atoms with Gasteiger partial charge in [-0.1, -0.05) is 37.3 Å². The van der Waals surface area contributed by atoms with Crippen molar-refractivity contribution in [3.8, 4) is 0 Å². The van der Waals surface area contributed by atoms with E-state index in [4.69, 9.17) is 0 Å². The van der Waals surface area contributed by atoms with Crippen molar-refractivity contribution >= 4 is 0 Å². The molecule has 0 saturated carbocycles. The zero-order valence-corrected chi connectivity index (χ0v) is 11.9. The molecule has 0 aliphatic carbocycles. The number of likely N-dealkylation sites (tertiary alicyclic amines) is 1. The first-order valence-electron chi connectivity index (χ1n) is 7.40. The highest BCUT2D eigenvalue weighted by molar-refractivity contribution is 5.15. The van der Waals surface area contributed by atoms with Crippen LogP contribution in [0.25, 0.3) is 0 Å². The van der Waals surface area contributed by atoms with Gasteiger partial charge in [-0.25, -0.2) is 0 Å². The Bertz CT molecular complexity index is 358. The van der Waals surface area contributed by atoms with Crippen molar-refractivity contribution in [2.75, 3.05) is 26.2 Å². The molecule has 3 heteroatoms. The van der Waals surface area contributed by atoms with Crippen molar-refractivity contribution in [2.45, 2.75) is 38.3 Å². The molecule has 0 atom stereocenters. The van der Waals surface area contributed by atoms with Crippen molar-refractivity contribution in [1.29, 1.82) is 0 Å². The molecule has 0 bridgehead atoms. The third-order valence-corrected chi connectivity index (χ3v) is 4.17. The van der Waals surface area contributed by atoms with Gasteiger partial charge in [0, 0.05) is 12.1 Å². The zero-order chi connectivity index (χ0) is 13.6. The van der Waals surface area contributed by atoms with Crippen molar-refractivity contribution in [2.24, 2.45) is 0 Å². The van der Waals surface area contributed by atoms with Gasteiger partial charge in [0.2, 0.25) is 0 Å². The third-order valence-electron chi connectivity index (χ3n) is 4.17. The first kappa shape index (κ1) is 14.5. The summed E-state index contributed by atoms with van der Waals surface area (Å²) in [6.07, 6.45) is 3.29. The van der Waals surface area contributed by atoms with Crippen LogP contribution in [-0.2, 0) is 6.54 Å². The fourth-order valence-electron chi connectivity index (χ4n) is 2.80. The highest BCUT2D eigenvalue weighted by Crippen LogP contribution is 2.22. The lowest BCUT2D eigenvalue weighted by molar-refractivity contribution is 0.0774. The number of hydrogen-bond acceptors (Lipinski definition) is 3. The highest BCUT2D eigenvalue weighted by atomic mass is 16.3. The molecule has 106 valence electrons. The van der Waals surface area contributed by atoms with Crippen LogP contribution in [0.5, 0.6) is 0 Å². The van der Waals surface area contributed by atoms with Crippen LogP contribution in [0.1, 0.15) is 31.7 Å². The Morgan fingerprint density at radius 1 is 1.21 bits per heavy atom. The third kappa shape index (κ3) is 4.03. The van der Waals surface area contributed by atoms with Crippen LogP contribution in [0.2, 0.25) is 0 Å². The van der Waals surface area contributed by atoms with Crippen LogP contribution >= 0.6 is 0 Å². The molecule has 0 radical (unpaired) electrons. The average molecular weight is 262 g/mol. The molecule has 1 aliphatic heterocycles. The summed E-state index contributed by atoms with van der Waals surface area (Å²) in [4.78, 5) is 2.50. The van der Waals surface area contributed by atoms with Gasteiger partial charge in [-0.05, 0) is 44.5 Å². The minimum atomic E-state index is -0.0833. The summed E-state index contributed by atoms with van der Waals surface area (Å²) < 4.78 is 0. The smallest absolute Gasteiger partial charge is 0.0614 e. The van der Waals surface area contributed by atoms with E-state index in [1.54, 1.807) is 0 Å². The van der Waals surface area contributed by atoms with Gasteiger partial charge in [0.25, 0.3) is 0 Å². The predicted octanol–water partition coefficient (Wildman–Crippen LogP) is 2.01. The molecule has 1 saturated heterocycles. The summed E-state index contributed by atoms with van der Waals surface area (Å²) in [5, 5.41) is 13.3. The summed E-state index contributed by atoms with van der Waals surface area (Å²) >= 11 is 0. The van der Waals surface area contributed by atoms with Gasteiger partial charge in [0.05, 0.1) is 6.61 Å². The van der Waals surface area contributed by atoms with Crippen molar-refractivity contribution in [1.82, 2.24) is 10.2 Å². The monoisotopic (exact) mass is 262 g/mol. The van der Waals surface area contributed by atoms with Gasteiger partial charge in [-0.3, -0.25) is 0 Å². The molecule has 0 unspecified atom stereocenters. The maximum Gasteiger partial charge on any atom is 0.0614 e. The Balaban J connectivity index is 1.86. The molecule has 1 heterocycles. The second-order valence-corrected chi connectivity index (χ2v) is 5.62. The molecule has 19 heavy (non-hydrogen) atoms. The minimum Gasteiger partial charge on any atom is -0.394 e. The maximum absolute atomic E-state index is 9.75. The Labute approximate surface area is 116 Å². The first-order valence-corrected chi connectivity index (χ1v) is 7.40. The molecule has 2 rings (SSSR count). The molecule has 3 nitrogen and oxygen atoms in total. The normalized spacial score (nSPS) is 19.5. The van der Waals surface area contributed by atoms with E-state index < -0.39 is 0 Å². The molecular formula is C16H26N2O. The van der Waals surface area contributed by atoms with Gasteiger partial charge in [0.1, 0.15) is 0 Å². The number of nitrogens with zero attached hydrogens (tertiary/aromatic N) is 1. The summed E-state index contributed by atoms with van der Waals surface area (Å²) in [5.74, 6) is 0. The second-order valence-electron chi connectivity index (χ2n) is 5.62. The van der Waals surface area contributed by atoms with Crippen molar-refractivity contribution in [3.63, 3.8) is 0 Å². The van der Waals surface area contributed by atoms with E-state index in [9.17, 15) is 5.11 Å². The maximum atomic E-state index is 9.75. The van der Waals surface area contributed by atoms with Crippen LogP contribution in [0.4, 0.5) is 0 Å². The van der Waals surface area contributed by atoms with E-state index in [1.165, 1.54) is 18.5 Å². The van der Waals surface area contributed by atoms with E-state index >= 15 is 0 Å². The molecule has 1 aromatic rings. The lowest BCUT2D eigenvalue weighted by Crippen LogP contribution is -2.55. The predicted molar refractivity (Wildman–Crippen MR) is 79.1 cm³/mol. The highest BCUT2D eigenvalue weighted by Gasteiger charge is 2.33. The topological polar surface area (TPSA) is 35.5 Å². The van der Waals surface area contributed by atoms with E-state index in [2.05, 4.69) is 41.4 Å². The minimum absolute atomic E-state index is 0.0833. The summed E-state index contributed by atoms with van der Waals surface area (Å²) in [6, 6.07) is 10.4. The Morgan fingerprint density at radius 3 is 2.47 bits per heavy atom.